The largest absolute Gasteiger partial charge is 0.467 e. The minimum atomic E-state index is -0.206. The van der Waals surface area contributed by atoms with Crippen LogP contribution in [0.1, 0.15) is 54.3 Å². The molecule has 1 fully saturated rings. The van der Waals surface area contributed by atoms with E-state index in [1.807, 2.05) is 24.3 Å². The van der Waals surface area contributed by atoms with Gasteiger partial charge in [-0.25, -0.2) is 0 Å². The van der Waals surface area contributed by atoms with Crippen LogP contribution >= 0.6 is 12.4 Å². The van der Waals surface area contributed by atoms with E-state index in [9.17, 15) is 4.79 Å². The van der Waals surface area contributed by atoms with E-state index in [4.69, 9.17) is 14.9 Å². The van der Waals surface area contributed by atoms with Gasteiger partial charge in [0, 0.05) is 5.69 Å². The van der Waals surface area contributed by atoms with Crippen LogP contribution in [-0.2, 0) is 17.9 Å². The van der Waals surface area contributed by atoms with E-state index in [1.54, 1.807) is 6.07 Å². The van der Waals surface area contributed by atoms with Gasteiger partial charge < -0.3 is 20.2 Å². The van der Waals surface area contributed by atoms with E-state index >= 15 is 0 Å². The molecule has 1 heterocycles. The molecule has 0 aliphatic heterocycles. The van der Waals surface area contributed by atoms with Crippen molar-refractivity contribution >= 4 is 24.0 Å². The molecule has 1 aromatic heterocycles. The Morgan fingerprint density at radius 1 is 1.35 bits per heavy atom. The molecule has 3 N–H and O–H groups in total. The zero-order chi connectivity index (χ0) is 17.6. The first-order chi connectivity index (χ1) is 12.1. The van der Waals surface area contributed by atoms with Gasteiger partial charge in [-0.2, -0.15) is 0 Å². The number of carbonyl (C=O) groups excluding carboxylic acids is 1. The van der Waals surface area contributed by atoms with Crippen molar-refractivity contribution in [2.24, 2.45) is 11.7 Å². The molecule has 2 unspecified atom stereocenters. The number of nitrogens with one attached hydrogen (secondary N) is 1. The highest BCUT2D eigenvalue weighted by Gasteiger charge is 2.19. The number of rotatable bonds is 6. The van der Waals surface area contributed by atoms with Gasteiger partial charge in [0.2, 0.25) is 0 Å². The van der Waals surface area contributed by atoms with E-state index in [2.05, 4.69) is 12.2 Å². The van der Waals surface area contributed by atoms with Gasteiger partial charge in [0.05, 0.1) is 24.8 Å². The summed E-state index contributed by atoms with van der Waals surface area (Å²) in [6.07, 6.45) is 6.61. The summed E-state index contributed by atoms with van der Waals surface area (Å²) in [7, 11) is 0. The first kappa shape index (κ1) is 20.5. The minimum absolute atomic E-state index is 0. The number of halogens is 1. The van der Waals surface area contributed by atoms with Crippen molar-refractivity contribution in [3.8, 4) is 0 Å². The summed E-state index contributed by atoms with van der Waals surface area (Å²) in [6.45, 7) is 3.14. The molecule has 0 radical (unpaired) electrons. The smallest absolute Gasteiger partial charge is 0.258 e. The Morgan fingerprint density at radius 3 is 2.92 bits per heavy atom. The summed E-state index contributed by atoms with van der Waals surface area (Å²) < 4.78 is 11.3. The summed E-state index contributed by atoms with van der Waals surface area (Å²) in [6, 6.07) is 9.43. The van der Waals surface area contributed by atoms with E-state index in [-0.39, 0.29) is 24.9 Å². The Labute approximate surface area is 160 Å². The first-order valence-corrected chi connectivity index (χ1v) is 8.93. The fraction of sp³-hybridized carbons (Fsp3) is 0.450. The minimum Gasteiger partial charge on any atom is -0.467 e. The van der Waals surface area contributed by atoms with Gasteiger partial charge in [0.1, 0.15) is 12.0 Å². The number of furan rings is 1. The van der Waals surface area contributed by atoms with E-state index < -0.39 is 0 Å². The van der Waals surface area contributed by atoms with Crippen molar-refractivity contribution in [3.05, 3.63) is 53.5 Å². The maximum absolute atomic E-state index is 12.3. The molecule has 1 saturated carbocycles. The third kappa shape index (κ3) is 5.59. The van der Waals surface area contributed by atoms with Crippen molar-refractivity contribution in [2.75, 3.05) is 5.32 Å². The number of hydrogen-bond donors (Lipinski definition) is 2. The van der Waals surface area contributed by atoms with Crippen LogP contribution in [-0.4, -0.2) is 12.0 Å². The molecule has 1 aromatic carbocycles. The van der Waals surface area contributed by atoms with E-state index in [0.717, 1.165) is 30.0 Å². The lowest BCUT2D eigenvalue weighted by Crippen LogP contribution is -2.21. The fourth-order valence-electron chi connectivity index (χ4n) is 3.29. The van der Waals surface area contributed by atoms with Gasteiger partial charge >= 0.3 is 0 Å². The van der Waals surface area contributed by atoms with Crippen molar-refractivity contribution in [1.82, 2.24) is 0 Å². The van der Waals surface area contributed by atoms with Crippen LogP contribution in [0.25, 0.3) is 0 Å². The van der Waals surface area contributed by atoms with Crippen molar-refractivity contribution < 1.29 is 13.9 Å². The molecular formula is C20H27ClN2O3. The van der Waals surface area contributed by atoms with E-state index in [1.165, 1.54) is 19.1 Å². The first-order valence-electron chi connectivity index (χ1n) is 8.93. The number of anilines is 1. The van der Waals surface area contributed by atoms with E-state index in [0.29, 0.717) is 24.0 Å². The predicted octanol–water partition coefficient (Wildman–Crippen LogP) is 4.51. The van der Waals surface area contributed by atoms with Gasteiger partial charge in [-0.1, -0.05) is 31.9 Å². The fourth-order valence-corrected chi connectivity index (χ4v) is 3.29. The van der Waals surface area contributed by atoms with Crippen molar-refractivity contribution in [2.45, 2.75) is 51.9 Å². The SMILES string of the molecule is CC1CCCC(OCc2cccc(NC(=O)c3coc(CN)c3)c2)C1.Cl. The van der Waals surface area contributed by atoms with Crippen LogP contribution < -0.4 is 11.1 Å². The summed E-state index contributed by atoms with van der Waals surface area (Å²) in [5.74, 6) is 1.13. The molecule has 0 saturated heterocycles. The second-order valence-electron chi connectivity index (χ2n) is 6.87. The Bertz CT molecular complexity index is 717. The van der Waals surface area contributed by atoms with Crippen LogP contribution in [0.15, 0.2) is 41.0 Å². The van der Waals surface area contributed by atoms with Crippen LogP contribution in [0.3, 0.4) is 0 Å². The van der Waals surface area contributed by atoms with Crippen molar-refractivity contribution in [1.29, 1.82) is 0 Å². The molecule has 6 heteroatoms. The van der Waals surface area contributed by atoms with Gasteiger partial charge in [0.15, 0.2) is 0 Å². The molecule has 5 nitrogen and oxygen atoms in total. The standard InChI is InChI=1S/C20H26N2O3.ClH/c1-14-4-2-7-18(8-14)24-12-15-5-3-6-17(9-15)22-20(23)16-10-19(11-21)25-13-16;/h3,5-6,9-10,13-14,18H,2,4,7-8,11-12,21H2,1H3,(H,22,23);1H. The van der Waals surface area contributed by atoms with Crippen LogP contribution in [0.2, 0.25) is 0 Å². The maximum Gasteiger partial charge on any atom is 0.258 e. The lowest BCUT2D eigenvalue weighted by molar-refractivity contribution is 0.00468. The molecule has 1 aliphatic carbocycles. The lowest BCUT2D eigenvalue weighted by atomic mass is 9.89. The number of nitrogens with two attached hydrogens (primary N) is 1. The monoisotopic (exact) mass is 378 g/mol. The summed E-state index contributed by atoms with van der Waals surface area (Å²) in [5, 5.41) is 2.89. The molecule has 0 spiro atoms. The van der Waals surface area contributed by atoms with Crippen LogP contribution in [0.4, 0.5) is 5.69 Å². The van der Waals surface area contributed by atoms with Gasteiger partial charge in [0.25, 0.3) is 5.91 Å². The third-order valence-corrected chi connectivity index (χ3v) is 4.68. The third-order valence-electron chi connectivity index (χ3n) is 4.68. The molecular weight excluding hydrogens is 352 g/mol. The van der Waals surface area contributed by atoms with Gasteiger partial charge in [-0.05, 0) is 42.5 Å². The predicted molar refractivity (Wildman–Crippen MR) is 104 cm³/mol. The molecule has 142 valence electrons. The zero-order valence-electron chi connectivity index (χ0n) is 15.1. The van der Waals surface area contributed by atoms with Gasteiger partial charge in [-0.15, -0.1) is 12.4 Å². The Hall–Kier alpha value is -1.82. The maximum atomic E-state index is 12.3. The molecule has 0 bridgehead atoms. The molecule has 2 atom stereocenters. The highest BCUT2D eigenvalue weighted by atomic mass is 35.5. The molecule has 1 aliphatic rings. The Kier molecular flexibility index (Phi) is 7.69. The van der Waals surface area contributed by atoms with Crippen LogP contribution in [0, 0.1) is 5.92 Å². The van der Waals surface area contributed by atoms with Crippen molar-refractivity contribution in [3.63, 3.8) is 0 Å². The normalized spacial score (nSPS) is 19.6. The summed E-state index contributed by atoms with van der Waals surface area (Å²) in [5.41, 5.74) is 7.78. The number of ether oxygens (including phenoxy) is 1. The molecule has 3 rings (SSSR count). The number of amides is 1. The van der Waals surface area contributed by atoms with Gasteiger partial charge in [-0.3, -0.25) is 4.79 Å². The summed E-state index contributed by atoms with van der Waals surface area (Å²) in [4.78, 5) is 12.3. The highest BCUT2D eigenvalue weighted by Crippen LogP contribution is 2.26. The number of hydrogen-bond acceptors (Lipinski definition) is 4. The van der Waals surface area contributed by atoms with Crippen LogP contribution in [0.5, 0.6) is 0 Å². The average molecular weight is 379 g/mol. The molecule has 1 amide bonds. The Morgan fingerprint density at radius 2 is 2.19 bits per heavy atom. The topological polar surface area (TPSA) is 77.5 Å². The highest BCUT2D eigenvalue weighted by molar-refractivity contribution is 6.04. The summed E-state index contributed by atoms with van der Waals surface area (Å²) >= 11 is 0. The number of benzene rings is 1. The second-order valence-corrected chi connectivity index (χ2v) is 6.87. The Balaban J connectivity index is 0.00000243. The average Bonchev–Trinajstić information content (AvgIpc) is 3.10. The molecule has 2 aromatic rings. The lowest BCUT2D eigenvalue weighted by Gasteiger charge is -2.26. The molecule has 26 heavy (non-hydrogen) atoms. The zero-order valence-corrected chi connectivity index (χ0v) is 15.9. The number of carbonyl (C=O) groups is 1. The second kappa shape index (κ2) is 9.76. The quantitative estimate of drug-likeness (QED) is 0.775.